The summed E-state index contributed by atoms with van der Waals surface area (Å²) in [5.74, 6) is 0.833. The lowest BCUT2D eigenvalue weighted by Gasteiger charge is -2.09. The molecule has 1 N–H and O–H groups in total. The summed E-state index contributed by atoms with van der Waals surface area (Å²) in [6.45, 7) is 1.96. The third kappa shape index (κ3) is 1.85. The lowest BCUT2D eigenvalue weighted by Crippen LogP contribution is -1.90. The summed E-state index contributed by atoms with van der Waals surface area (Å²) in [7, 11) is 1.66. The van der Waals surface area contributed by atoms with Gasteiger partial charge in [-0.3, -0.25) is 0 Å². The van der Waals surface area contributed by atoms with Gasteiger partial charge in [0.1, 0.15) is 5.75 Å². The number of methoxy groups -OCH3 is 1. The molecule has 1 aromatic heterocycles. The summed E-state index contributed by atoms with van der Waals surface area (Å²) in [5, 5.41) is 0.750. The van der Waals surface area contributed by atoms with E-state index in [0.29, 0.717) is 0 Å². The van der Waals surface area contributed by atoms with Gasteiger partial charge in [-0.05, 0) is 36.8 Å². The van der Waals surface area contributed by atoms with Gasteiger partial charge in [0.05, 0.1) is 7.11 Å². The van der Waals surface area contributed by atoms with Gasteiger partial charge in [0.25, 0.3) is 0 Å². The number of halogens is 1. The molecule has 0 unspecified atom stereocenters. The van der Waals surface area contributed by atoms with Crippen molar-refractivity contribution >= 4 is 11.6 Å². The highest BCUT2D eigenvalue weighted by Gasteiger charge is 2.09. The van der Waals surface area contributed by atoms with Crippen LogP contribution in [-0.4, -0.2) is 12.1 Å². The summed E-state index contributed by atoms with van der Waals surface area (Å²) >= 11 is 6.09. The van der Waals surface area contributed by atoms with Gasteiger partial charge in [0.2, 0.25) is 0 Å². The Labute approximate surface area is 93.8 Å². The first-order valence-electron chi connectivity index (χ1n) is 4.70. The molecule has 2 rings (SSSR count). The molecule has 2 aromatic rings. The van der Waals surface area contributed by atoms with Crippen LogP contribution in [0.2, 0.25) is 5.02 Å². The van der Waals surface area contributed by atoms with Gasteiger partial charge in [-0.1, -0.05) is 11.6 Å². The number of hydrogen-bond acceptors (Lipinski definition) is 1. The molecule has 0 spiro atoms. The van der Waals surface area contributed by atoms with Crippen molar-refractivity contribution in [1.82, 2.24) is 4.98 Å². The first-order chi connectivity index (χ1) is 7.22. The largest absolute Gasteiger partial charge is 0.496 e. The summed E-state index contributed by atoms with van der Waals surface area (Å²) in [6, 6.07) is 7.80. The molecule has 15 heavy (non-hydrogen) atoms. The van der Waals surface area contributed by atoms with Gasteiger partial charge in [-0.15, -0.1) is 0 Å². The van der Waals surface area contributed by atoms with Crippen molar-refractivity contribution in [2.24, 2.45) is 0 Å². The van der Waals surface area contributed by atoms with Crippen LogP contribution in [0.25, 0.3) is 11.3 Å². The topological polar surface area (TPSA) is 25.0 Å². The number of hydrogen-bond donors (Lipinski definition) is 1. The van der Waals surface area contributed by atoms with Crippen LogP contribution in [-0.2, 0) is 0 Å². The smallest absolute Gasteiger partial charge is 0.128 e. The fourth-order valence-corrected chi connectivity index (χ4v) is 1.70. The van der Waals surface area contributed by atoms with Crippen molar-refractivity contribution in [2.45, 2.75) is 6.92 Å². The molecule has 1 heterocycles. The molecule has 0 atom stereocenters. The molecule has 0 saturated heterocycles. The fourth-order valence-electron chi connectivity index (χ4n) is 1.53. The van der Waals surface area contributed by atoms with Gasteiger partial charge in [0.15, 0.2) is 0 Å². The van der Waals surface area contributed by atoms with E-state index >= 15 is 0 Å². The number of H-pyrrole nitrogens is 1. The normalized spacial score (nSPS) is 10.3. The third-order valence-corrected chi connectivity index (χ3v) is 2.78. The lowest BCUT2D eigenvalue weighted by molar-refractivity contribution is 0.416. The summed E-state index contributed by atoms with van der Waals surface area (Å²) in [4.78, 5) is 3.14. The number of nitrogens with one attached hydrogen (secondary N) is 1. The number of aromatic amines is 1. The number of ether oxygens (including phenoxy) is 1. The zero-order valence-electron chi connectivity index (χ0n) is 8.67. The second-order valence-corrected chi connectivity index (χ2v) is 3.79. The molecular weight excluding hydrogens is 210 g/mol. The van der Waals surface area contributed by atoms with Crippen molar-refractivity contribution < 1.29 is 4.74 Å². The van der Waals surface area contributed by atoms with E-state index in [1.54, 1.807) is 7.11 Å². The number of aromatic nitrogens is 1. The molecule has 0 aliphatic heterocycles. The van der Waals surface area contributed by atoms with Crippen LogP contribution < -0.4 is 4.74 Å². The van der Waals surface area contributed by atoms with E-state index in [9.17, 15) is 0 Å². The minimum Gasteiger partial charge on any atom is -0.496 e. The van der Waals surface area contributed by atoms with Crippen molar-refractivity contribution in [1.29, 1.82) is 0 Å². The average Bonchev–Trinajstić information content (AvgIpc) is 2.74. The molecule has 78 valence electrons. The van der Waals surface area contributed by atoms with Crippen LogP contribution >= 0.6 is 11.6 Å². The standard InChI is InChI=1S/C12H12ClNO/c1-8-6-12(15-2)9(7-10(8)13)11-4-3-5-14-11/h3-7,14H,1-2H3. The minimum absolute atomic E-state index is 0.750. The molecule has 0 fully saturated rings. The van der Waals surface area contributed by atoms with Crippen LogP contribution in [0.5, 0.6) is 5.75 Å². The van der Waals surface area contributed by atoms with E-state index < -0.39 is 0 Å². The second-order valence-electron chi connectivity index (χ2n) is 3.39. The van der Waals surface area contributed by atoms with Crippen LogP contribution in [0.3, 0.4) is 0 Å². The highest BCUT2D eigenvalue weighted by Crippen LogP contribution is 2.33. The average molecular weight is 222 g/mol. The van der Waals surface area contributed by atoms with Crippen LogP contribution in [0.1, 0.15) is 5.56 Å². The molecule has 0 aliphatic rings. The zero-order chi connectivity index (χ0) is 10.8. The van der Waals surface area contributed by atoms with Gasteiger partial charge < -0.3 is 9.72 Å². The van der Waals surface area contributed by atoms with Gasteiger partial charge >= 0.3 is 0 Å². The maximum atomic E-state index is 6.09. The zero-order valence-corrected chi connectivity index (χ0v) is 9.43. The van der Waals surface area contributed by atoms with E-state index in [0.717, 1.165) is 27.6 Å². The molecule has 0 aliphatic carbocycles. The Bertz CT molecular complexity index is 463. The Balaban J connectivity index is 2.60. The summed E-state index contributed by atoms with van der Waals surface area (Å²) in [6.07, 6.45) is 1.88. The van der Waals surface area contributed by atoms with E-state index in [-0.39, 0.29) is 0 Å². The molecule has 0 saturated carbocycles. The summed E-state index contributed by atoms with van der Waals surface area (Å²) in [5.41, 5.74) is 3.01. The molecule has 0 radical (unpaired) electrons. The predicted octanol–water partition coefficient (Wildman–Crippen LogP) is 3.65. The van der Waals surface area contributed by atoms with E-state index in [4.69, 9.17) is 16.3 Å². The lowest BCUT2D eigenvalue weighted by atomic mass is 10.1. The van der Waals surface area contributed by atoms with Gasteiger partial charge in [-0.2, -0.15) is 0 Å². The molecule has 0 amide bonds. The van der Waals surface area contributed by atoms with Crippen LogP contribution in [0.15, 0.2) is 30.5 Å². The van der Waals surface area contributed by atoms with E-state index in [1.165, 1.54) is 0 Å². The van der Waals surface area contributed by atoms with Crippen molar-refractivity contribution in [3.8, 4) is 17.0 Å². The molecule has 2 nitrogen and oxygen atoms in total. The fraction of sp³-hybridized carbons (Fsp3) is 0.167. The summed E-state index contributed by atoms with van der Waals surface area (Å²) < 4.78 is 5.33. The number of benzene rings is 1. The van der Waals surface area contributed by atoms with E-state index in [2.05, 4.69) is 4.98 Å². The Morgan fingerprint density at radius 3 is 2.73 bits per heavy atom. The van der Waals surface area contributed by atoms with Crippen molar-refractivity contribution in [3.63, 3.8) is 0 Å². The highest BCUT2D eigenvalue weighted by molar-refractivity contribution is 6.31. The van der Waals surface area contributed by atoms with E-state index in [1.807, 2.05) is 37.4 Å². The van der Waals surface area contributed by atoms with Crippen LogP contribution in [0.4, 0.5) is 0 Å². The Morgan fingerprint density at radius 1 is 1.33 bits per heavy atom. The Kier molecular flexibility index (Phi) is 2.69. The third-order valence-electron chi connectivity index (χ3n) is 2.37. The maximum Gasteiger partial charge on any atom is 0.128 e. The minimum atomic E-state index is 0.750. The quantitative estimate of drug-likeness (QED) is 0.823. The molecule has 0 bridgehead atoms. The number of rotatable bonds is 2. The first kappa shape index (κ1) is 10.1. The number of aryl methyl sites for hydroxylation is 1. The molecule has 3 heteroatoms. The highest BCUT2D eigenvalue weighted by atomic mass is 35.5. The SMILES string of the molecule is COc1cc(C)c(Cl)cc1-c1ccc[nH]1. The van der Waals surface area contributed by atoms with Crippen molar-refractivity contribution in [2.75, 3.05) is 7.11 Å². The van der Waals surface area contributed by atoms with Crippen LogP contribution in [0, 0.1) is 6.92 Å². The molecular formula is C12H12ClNO. The monoisotopic (exact) mass is 221 g/mol. The predicted molar refractivity (Wildman–Crippen MR) is 62.5 cm³/mol. The van der Waals surface area contributed by atoms with Gasteiger partial charge in [0, 0.05) is 22.5 Å². The van der Waals surface area contributed by atoms with Gasteiger partial charge in [-0.25, -0.2) is 0 Å². The first-order valence-corrected chi connectivity index (χ1v) is 5.08. The van der Waals surface area contributed by atoms with Crippen molar-refractivity contribution in [3.05, 3.63) is 41.0 Å². The Hall–Kier alpha value is -1.41. The maximum absolute atomic E-state index is 6.09. The second kappa shape index (κ2) is 3.99. The molecule has 1 aromatic carbocycles. The Morgan fingerprint density at radius 2 is 2.13 bits per heavy atom.